The van der Waals surface area contributed by atoms with E-state index in [0.717, 1.165) is 0 Å². The summed E-state index contributed by atoms with van der Waals surface area (Å²) in [5.41, 5.74) is 0. The van der Waals surface area contributed by atoms with E-state index in [1.165, 1.54) is 40.9 Å². The van der Waals surface area contributed by atoms with Gasteiger partial charge in [0.2, 0.25) is 15.9 Å². The number of nitrogens with zero attached hydrogens (tertiary/aromatic N) is 1. The van der Waals surface area contributed by atoms with Gasteiger partial charge in [0.15, 0.2) is 0 Å². The first-order valence-electron chi connectivity index (χ1n) is 7.65. The molecule has 1 amide bonds. The molecule has 0 aliphatic carbocycles. The molecule has 0 aromatic heterocycles. The van der Waals surface area contributed by atoms with Crippen LogP contribution < -0.4 is 9.88 Å². The van der Waals surface area contributed by atoms with Crippen LogP contribution in [0.15, 0.2) is 29.2 Å². The summed E-state index contributed by atoms with van der Waals surface area (Å²) in [6, 6.07) is 5.04. The zero-order chi connectivity index (χ0) is 18.4. The molecule has 10 heteroatoms. The van der Waals surface area contributed by atoms with Gasteiger partial charge < -0.3 is 14.7 Å². The van der Waals surface area contributed by atoms with Gasteiger partial charge in [-0.05, 0) is 37.1 Å². The summed E-state index contributed by atoms with van der Waals surface area (Å²) in [6.07, 6.45) is 1.22. The highest BCUT2D eigenvalue weighted by Gasteiger charge is 2.33. The van der Waals surface area contributed by atoms with Crippen LogP contribution in [0, 0.1) is 0 Å². The van der Waals surface area contributed by atoms with Gasteiger partial charge in [-0.2, -0.15) is 0 Å². The Morgan fingerprint density at radius 2 is 2.00 bits per heavy atom. The zero-order valence-corrected chi connectivity index (χ0v) is 15.1. The fourth-order valence-corrected chi connectivity index (χ4v) is 3.71. The fraction of sp³-hybridized carbons (Fsp3) is 0.467. The van der Waals surface area contributed by atoms with Crippen molar-refractivity contribution in [1.29, 1.82) is 0 Å². The van der Waals surface area contributed by atoms with E-state index in [2.05, 4.69) is 0 Å². The number of likely N-dealkylation sites (tertiary alicyclic amines) is 1. The highest BCUT2D eigenvalue weighted by Crippen LogP contribution is 2.19. The molecule has 3 N–H and O–H groups in total. The van der Waals surface area contributed by atoms with Gasteiger partial charge in [0, 0.05) is 12.3 Å². The number of amides is 1. The molecular weight excluding hydrogens is 368 g/mol. The van der Waals surface area contributed by atoms with E-state index in [9.17, 15) is 18.0 Å². The third kappa shape index (κ3) is 5.62. The average Bonchev–Trinajstić information content (AvgIpc) is 3.04. The van der Waals surface area contributed by atoms with Crippen molar-refractivity contribution in [2.24, 2.45) is 5.14 Å². The van der Waals surface area contributed by atoms with Crippen molar-refractivity contribution in [3.05, 3.63) is 24.3 Å². The Kier molecular flexibility index (Phi) is 6.68. The molecule has 2 rings (SSSR count). The maximum absolute atomic E-state index is 12.1. The summed E-state index contributed by atoms with van der Waals surface area (Å²) in [5, 5.41) is 14.1. The van der Waals surface area contributed by atoms with Gasteiger partial charge in [0.1, 0.15) is 11.8 Å². The molecule has 25 heavy (non-hydrogen) atoms. The van der Waals surface area contributed by atoms with E-state index < -0.39 is 22.0 Å². The van der Waals surface area contributed by atoms with Crippen LogP contribution in [0.2, 0.25) is 0 Å². The van der Waals surface area contributed by atoms with Crippen LogP contribution in [0.3, 0.4) is 0 Å². The molecule has 1 unspecified atom stereocenters. The van der Waals surface area contributed by atoms with Crippen molar-refractivity contribution in [2.45, 2.75) is 23.8 Å². The molecule has 8 nitrogen and oxygen atoms in total. The number of aliphatic carboxylic acids is 1. The Balaban J connectivity index is 1.69. The minimum atomic E-state index is -3.72. The number of thioether (sulfide) groups is 1. The summed E-state index contributed by atoms with van der Waals surface area (Å²) in [5.74, 6) is 0.130. The maximum Gasteiger partial charge on any atom is 0.326 e. The largest absolute Gasteiger partial charge is 0.493 e. The first kappa shape index (κ1) is 19.5. The lowest BCUT2D eigenvalue weighted by Gasteiger charge is -2.21. The van der Waals surface area contributed by atoms with E-state index >= 15 is 0 Å². The lowest BCUT2D eigenvalue weighted by atomic mass is 10.2. The predicted octanol–water partition coefficient (Wildman–Crippen LogP) is 0.522. The van der Waals surface area contributed by atoms with Crippen LogP contribution >= 0.6 is 11.8 Å². The van der Waals surface area contributed by atoms with Crippen LogP contribution in [-0.4, -0.2) is 61.0 Å². The Morgan fingerprint density at radius 3 is 2.60 bits per heavy atom. The van der Waals surface area contributed by atoms with Crippen molar-refractivity contribution in [1.82, 2.24) is 4.90 Å². The number of ether oxygens (including phenoxy) is 1. The fourth-order valence-electron chi connectivity index (χ4n) is 2.51. The molecule has 0 saturated carbocycles. The molecule has 1 saturated heterocycles. The van der Waals surface area contributed by atoms with E-state index in [0.29, 0.717) is 37.5 Å². The Labute approximate surface area is 150 Å². The summed E-state index contributed by atoms with van der Waals surface area (Å²) in [7, 11) is -3.72. The van der Waals surface area contributed by atoms with E-state index in [1.807, 2.05) is 0 Å². The average molecular weight is 388 g/mol. The Hall–Kier alpha value is -1.78. The summed E-state index contributed by atoms with van der Waals surface area (Å²) in [6.45, 7) is 0.832. The molecule has 138 valence electrons. The van der Waals surface area contributed by atoms with Gasteiger partial charge in [-0.3, -0.25) is 4.79 Å². The summed E-state index contributed by atoms with van der Waals surface area (Å²) >= 11 is 1.36. The molecule has 1 atom stereocenters. The van der Waals surface area contributed by atoms with Crippen LogP contribution in [0.4, 0.5) is 0 Å². The molecule has 0 bridgehead atoms. The molecule has 1 aliphatic rings. The second kappa shape index (κ2) is 8.54. The molecule has 1 heterocycles. The number of hydrogen-bond acceptors (Lipinski definition) is 6. The normalized spacial score (nSPS) is 17.5. The van der Waals surface area contributed by atoms with Crippen molar-refractivity contribution in [3.63, 3.8) is 0 Å². The highest BCUT2D eigenvalue weighted by atomic mass is 32.2. The lowest BCUT2D eigenvalue weighted by Crippen LogP contribution is -2.41. The Morgan fingerprint density at radius 1 is 1.32 bits per heavy atom. The number of carboxylic acid groups (broad SMARTS) is 1. The van der Waals surface area contributed by atoms with Gasteiger partial charge in [-0.15, -0.1) is 11.8 Å². The molecule has 0 spiro atoms. The first-order valence-corrected chi connectivity index (χ1v) is 10.3. The summed E-state index contributed by atoms with van der Waals surface area (Å²) in [4.78, 5) is 24.6. The smallest absolute Gasteiger partial charge is 0.326 e. The van der Waals surface area contributed by atoms with Crippen LogP contribution in [0.5, 0.6) is 5.75 Å². The summed E-state index contributed by atoms with van der Waals surface area (Å²) < 4.78 is 27.7. The highest BCUT2D eigenvalue weighted by molar-refractivity contribution is 7.99. The van der Waals surface area contributed by atoms with Gasteiger partial charge >= 0.3 is 5.97 Å². The van der Waals surface area contributed by atoms with Crippen molar-refractivity contribution < 1.29 is 27.9 Å². The van der Waals surface area contributed by atoms with Gasteiger partial charge in [-0.25, -0.2) is 18.4 Å². The number of primary sulfonamides is 1. The maximum atomic E-state index is 12.1. The molecule has 1 aliphatic heterocycles. The standard InChI is InChI=1S/C15H20N2O6S2/c16-25(21,22)12-5-3-11(4-6-12)23-8-9-24-10-14(18)17-7-1-2-13(17)15(19)20/h3-6,13H,1-2,7-10H2,(H,19,20)(H2,16,21,22). The topological polar surface area (TPSA) is 127 Å². The SMILES string of the molecule is NS(=O)(=O)c1ccc(OCCSCC(=O)N2CCCC2C(=O)O)cc1. The number of carbonyl (C=O) groups is 2. The second-order valence-electron chi connectivity index (χ2n) is 5.50. The lowest BCUT2D eigenvalue weighted by molar-refractivity contribution is -0.147. The number of hydrogen-bond donors (Lipinski definition) is 2. The van der Waals surface area contributed by atoms with Gasteiger partial charge in [-0.1, -0.05) is 0 Å². The second-order valence-corrected chi connectivity index (χ2v) is 8.17. The van der Waals surface area contributed by atoms with Crippen molar-refractivity contribution in [3.8, 4) is 5.75 Å². The van der Waals surface area contributed by atoms with Crippen LogP contribution in [0.1, 0.15) is 12.8 Å². The molecular formula is C15H20N2O6S2. The van der Waals surface area contributed by atoms with E-state index in [-0.39, 0.29) is 16.6 Å². The zero-order valence-electron chi connectivity index (χ0n) is 13.5. The number of rotatable bonds is 8. The third-order valence-corrected chi connectivity index (χ3v) is 5.57. The monoisotopic (exact) mass is 388 g/mol. The molecule has 1 aromatic carbocycles. The van der Waals surface area contributed by atoms with Crippen molar-refractivity contribution >= 4 is 33.7 Å². The molecule has 1 fully saturated rings. The van der Waals surface area contributed by atoms with E-state index in [4.69, 9.17) is 15.0 Å². The van der Waals surface area contributed by atoms with E-state index in [1.54, 1.807) is 0 Å². The van der Waals surface area contributed by atoms with Crippen LogP contribution in [0.25, 0.3) is 0 Å². The predicted molar refractivity (Wildman–Crippen MR) is 93.0 cm³/mol. The van der Waals surface area contributed by atoms with Gasteiger partial charge in [0.25, 0.3) is 0 Å². The van der Waals surface area contributed by atoms with Crippen molar-refractivity contribution in [2.75, 3.05) is 24.7 Å². The molecule has 1 aromatic rings. The minimum absolute atomic E-state index is 0.0124. The minimum Gasteiger partial charge on any atom is -0.493 e. The Bertz CT molecular complexity index is 720. The number of carboxylic acids is 1. The number of benzene rings is 1. The third-order valence-electron chi connectivity index (χ3n) is 3.73. The number of sulfonamides is 1. The van der Waals surface area contributed by atoms with Gasteiger partial charge in [0.05, 0.1) is 17.3 Å². The first-order chi connectivity index (χ1) is 11.8. The number of carbonyl (C=O) groups excluding carboxylic acids is 1. The quantitative estimate of drug-likeness (QED) is 0.622. The molecule has 0 radical (unpaired) electrons. The number of nitrogens with two attached hydrogens (primary N) is 1. The van der Waals surface area contributed by atoms with Crippen LogP contribution in [-0.2, 0) is 19.6 Å².